The Morgan fingerprint density at radius 3 is 2.38 bits per heavy atom. The first-order valence-corrected chi connectivity index (χ1v) is 15.0. The summed E-state index contributed by atoms with van der Waals surface area (Å²) in [5.41, 5.74) is 4.41. The first kappa shape index (κ1) is 24.6. The van der Waals surface area contributed by atoms with Crippen LogP contribution in [0.25, 0.3) is 0 Å². The number of fused-ring (bicyclic) bond motifs is 5. The van der Waals surface area contributed by atoms with E-state index in [9.17, 15) is 0 Å². The minimum absolute atomic E-state index is 0.546. The molecule has 0 heterocycles. The Hall–Kier alpha value is -1.04. The summed E-state index contributed by atoms with van der Waals surface area (Å²) >= 11 is 0. The van der Waals surface area contributed by atoms with E-state index in [4.69, 9.17) is 0 Å². The smallest absolute Gasteiger partial charge is 0.00669 e. The molecule has 0 heteroatoms. The number of benzene rings is 1. The van der Waals surface area contributed by atoms with Crippen LogP contribution in [0.15, 0.2) is 42.0 Å². The maximum Gasteiger partial charge on any atom is -0.00669 e. The molecule has 34 heavy (non-hydrogen) atoms. The zero-order chi connectivity index (χ0) is 23.9. The van der Waals surface area contributed by atoms with Crippen LogP contribution in [0.3, 0.4) is 0 Å². The molecule has 0 amide bonds. The highest BCUT2D eigenvalue weighted by Crippen LogP contribution is 2.68. The highest BCUT2D eigenvalue weighted by molar-refractivity contribution is 5.25. The Morgan fingerprint density at radius 1 is 0.853 bits per heavy atom. The van der Waals surface area contributed by atoms with E-state index in [1.807, 2.05) is 0 Å². The Kier molecular flexibility index (Phi) is 7.09. The lowest BCUT2D eigenvalue weighted by molar-refractivity contribution is -0.102. The van der Waals surface area contributed by atoms with Gasteiger partial charge in [-0.3, -0.25) is 0 Å². The van der Waals surface area contributed by atoms with Gasteiger partial charge in [0.05, 0.1) is 0 Å². The van der Waals surface area contributed by atoms with Gasteiger partial charge >= 0.3 is 0 Å². The molecule has 0 aromatic heterocycles. The second-order valence-electron chi connectivity index (χ2n) is 14.1. The molecule has 4 aliphatic carbocycles. The standard InChI is InChI=1S/C34H52/c1-24(2)10-9-11-25(3)30-18-19-31-29-17-16-28-15-14-27(22-26-12-7-6-8-13-26)23-34(28,5)32(29)20-21-33(30,31)4/h6-8,12-14,24-25,28-32H,9-11,15-23H2,1-5H3. The largest absolute Gasteiger partial charge is 0.0847 e. The van der Waals surface area contributed by atoms with Crippen LogP contribution in [-0.4, -0.2) is 0 Å². The SMILES string of the molecule is CC(C)CCCC(C)C1CCC2C3CCC4CC=C(Cc5ccccc5)CC4(C)C3CCC12C. The Balaban J connectivity index is 1.29. The van der Waals surface area contributed by atoms with Crippen molar-refractivity contribution in [2.45, 2.75) is 112 Å². The number of hydrogen-bond donors (Lipinski definition) is 0. The van der Waals surface area contributed by atoms with Crippen molar-refractivity contribution in [2.75, 3.05) is 0 Å². The van der Waals surface area contributed by atoms with E-state index in [2.05, 4.69) is 71.0 Å². The average Bonchev–Trinajstić information content (AvgIpc) is 3.16. The van der Waals surface area contributed by atoms with E-state index in [-0.39, 0.29) is 0 Å². The molecule has 4 aliphatic rings. The third kappa shape index (κ3) is 4.46. The van der Waals surface area contributed by atoms with E-state index >= 15 is 0 Å². The molecule has 0 radical (unpaired) electrons. The normalized spacial score (nSPS) is 40.3. The van der Waals surface area contributed by atoms with E-state index < -0.39 is 0 Å². The van der Waals surface area contributed by atoms with E-state index in [1.165, 1.54) is 82.6 Å². The lowest BCUT2D eigenvalue weighted by Gasteiger charge is -2.60. The summed E-state index contributed by atoms with van der Waals surface area (Å²) in [5, 5.41) is 0. The van der Waals surface area contributed by atoms with Crippen molar-refractivity contribution in [2.24, 2.45) is 52.3 Å². The van der Waals surface area contributed by atoms with Crippen molar-refractivity contribution in [1.29, 1.82) is 0 Å². The first-order chi connectivity index (χ1) is 16.3. The minimum atomic E-state index is 0.546. The highest BCUT2D eigenvalue weighted by Gasteiger charge is 2.60. The maximum atomic E-state index is 2.75. The quantitative estimate of drug-likeness (QED) is 0.355. The molecule has 1 aromatic carbocycles. The van der Waals surface area contributed by atoms with Gasteiger partial charge in [-0.05, 0) is 116 Å². The molecule has 0 N–H and O–H groups in total. The molecule has 3 saturated carbocycles. The zero-order valence-corrected chi connectivity index (χ0v) is 23.0. The fraction of sp³-hybridized carbons (Fsp3) is 0.765. The van der Waals surface area contributed by atoms with Crippen LogP contribution >= 0.6 is 0 Å². The molecule has 5 rings (SSSR count). The third-order valence-corrected chi connectivity index (χ3v) is 11.8. The summed E-state index contributed by atoms with van der Waals surface area (Å²) < 4.78 is 0. The van der Waals surface area contributed by atoms with Gasteiger partial charge in [0.2, 0.25) is 0 Å². The Morgan fingerprint density at radius 2 is 1.62 bits per heavy atom. The summed E-state index contributed by atoms with van der Waals surface area (Å²) in [5.74, 6) is 6.68. The molecule has 0 aliphatic heterocycles. The van der Waals surface area contributed by atoms with Gasteiger partial charge in [-0.15, -0.1) is 0 Å². The van der Waals surface area contributed by atoms with Gasteiger partial charge in [0.15, 0.2) is 0 Å². The number of allylic oxidation sites excluding steroid dienone is 2. The van der Waals surface area contributed by atoms with Gasteiger partial charge in [0.25, 0.3) is 0 Å². The van der Waals surface area contributed by atoms with Crippen LogP contribution in [0.1, 0.15) is 111 Å². The molecule has 3 fully saturated rings. The fourth-order valence-electron chi connectivity index (χ4n) is 10.1. The molecule has 0 spiro atoms. The lowest BCUT2D eigenvalue weighted by atomic mass is 9.44. The minimum Gasteiger partial charge on any atom is -0.0847 e. The van der Waals surface area contributed by atoms with Crippen molar-refractivity contribution in [1.82, 2.24) is 0 Å². The van der Waals surface area contributed by atoms with Crippen molar-refractivity contribution in [3.05, 3.63) is 47.5 Å². The average molecular weight is 461 g/mol. The molecular formula is C34H52. The Labute approximate surface area is 211 Å². The van der Waals surface area contributed by atoms with Crippen LogP contribution in [-0.2, 0) is 6.42 Å². The zero-order valence-electron chi connectivity index (χ0n) is 23.0. The van der Waals surface area contributed by atoms with Crippen LogP contribution in [0.4, 0.5) is 0 Å². The number of rotatable bonds is 7. The summed E-state index contributed by atoms with van der Waals surface area (Å²) in [4.78, 5) is 0. The number of hydrogen-bond acceptors (Lipinski definition) is 0. The van der Waals surface area contributed by atoms with Gasteiger partial charge in [-0.1, -0.05) is 95.9 Å². The van der Waals surface area contributed by atoms with Crippen LogP contribution < -0.4 is 0 Å². The second kappa shape index (κ2) is 9.78. The first-order valence-electron chi connectivity index (χ1n) is 15.0. The van der Waals surface area contributed by atoms with Crippen molar-refractivity contribution >= 4 is 0 Å². The van der Waals surface area contributed by atoms with E-state index in [0.29, 0.717) is 10.8 Å². The highest BCUT2D eigenvalue weighted by atomic mass is 14.6. The molecule has 0 saturated heterocycles. The summed E-state index contributed by atoms with van der Waals surface area (Å²) in [6.45, 7) is 12.9. The Bertz CT molecular complexity index is 848. The molecule has 188 valence electrons. The van der Waals surface area contributed by atoms with Gasteiger partial charge in [0.1, 0.15) is 0 Å². The fourth-order valence-corrected chi connectivity index (χ4v) is 10.1. The predicted octanol–water partition coefficient (Wildman–Crippen LogP) is 9.89. The van der Waals surface area contributed by atoms with Crippen LogP contribution in [0.5, 0.6) is 0 Å². The third-order valence-electron chi connectivity index (χ3n) is 11.8. The lowest BCUT2D eigenvalue weighted by Crippen LogP contribution is -2.53. The summed E-state index contributed by atoms with van der Waals surface area (Å²) in [6, 6.07) is 11.2. The van der Waals surface area contributed by atoms with Gasteiger partial charge in [-0.25, -0.2) is 0 Å². The predicted molar refractivity (Wildman–Crippen MR) is 147 cm³/mol. The van der Waals surface area contributed by atoms with Gasteiger partial charge in [0, 0.05) is 0 Å². The van der Waals surface area contributed by atoms with Crippen LogP contribution in [0.2, 0.25) is 0 Å². The molecule has 0 nitrogen and oxygen atoms in total. The summed E-state index contributed by atoms with van der Waals surface area (Å²) in [7, 11) is 0. The molecule has 8 atom stereocenters. The topological polar surface area (TPSA) is 0 Å². The maximum absolute atomic E-state index is 2.75. The van der Waals surface area contributed by atoms with Gasteiger partial charge < -0.3 is 0 Å². The molecule has 8 unspecified atom stereocenters. The molecule has 0 bridgehead atoms. The van der Waals surface area contributed by atoms with Crippen molar-refractivity contribution < 1.29 is 0 Å². The molecular weight excluding hydrogens is 408 g/mol. The summed E-state index contributed by atoms with van der Waals surface area (Å²) in [6.07, 6.45) is 20.0. The van der Waals surface area contributed by atoms with E-state index in [0.717, 1.165) is 41.4 Å². The monoisotopic (exact) mass is 460 g/mol. The van der Waals surface area contributed by atoms with Crippen molar-refractivity contribution in [3.63, 3.8) is 0 Å². The van der Waals surface area contributed by atoms with Crippen LogP contribution in [0, 0.1) is 52.3 Å². The van der Waals surface area contributed by atoms with Gasteiger partial charge in [-0.2, -0.15) is 0 Å². The van der Waals surface area contributed by atoms with E-state index in [1.54, 1.807) is 5.57 Å². The van der Waals surface area contributed by atoms with Crippen molar-refractivity contribution in [3.8, 4) is 0 Å². The molecule has 1 aromatic rings. The second-order valence-corrected chi connectivity index (χ2v) is 14.1.